The van der Waals surface area contributed by atoms with Crippen molar-refractivity contribution in [2.24, 2.45) is 0 Å². The number of fused-ring (bicyclic) bond motifs is 1. The number of hydrogen-bond donors (Lipinski definition) is 1. The lowest BCUT2D eigenvalue weighted by molar-refractivity contribution is -0.917. The highest BCUT2D eigenvalue weighted by Gasteiger charge is 2.31. The van der Waals surface area contributed by atoms with Crippen LogP contribution in [0.5, 0.6) is 0 Å². The summed E-state index contributed by atoms with van der Waals surface area (Å²) >= 11 is 1.28. The van der Waals surface area contributed by atoms with Crippen LogP contribution in [0.2, 0.25) is 0 Å². The Hall–Kier alpha value is -1.81. The van der Waals surface area contributed by atoms with Crippen molar-refractivity contribution in [2.75, 3.05) is 26.2 Å². The highest BCUT2D eigenvalue weighted by molar-refractivity contribution is 7.91. The van der Waals surface area contributed by atoms with Gasteiger partial charge in [0.2, 0.25) is 5.78 Å². The van der Waals surface area contributed by atoms with Crippen LogP contribution in [-0.4, -0.2) is 53.3 Å². The van der Waals surface area contributed by atoms with E-state index in [1.807, 2.05) is 30.5 Å². The number of piperazine rings is 1. The molecule has 138 valence electrons. The van der Waals surface area contributed by atoms with Crippen molar-refractivity contribution in [3.63, 3.8) is 0 Å². The minimum absolute atomic E-state index is 0.429. The monoisotopic (exact) mass is 392 g/mol. The van der Waals surface area contributed by atoms with Gasteiger partial charge in [0.1, 0.15) is 16.4 Å². The van der Waals surface area contributed by atoms with E-state index >= 15 is 0 Å². The van der Waals surface area contributed by atoms with Gasteiger partial charge < -0.3 is 4.90 Å². The Balaban J connectivity index is 1.44. The van der Waals surface area contributed by atoms with Crippen LogP contribution in [0.1, 0.15) is 17.1 Å². The van der Waals surface area contributed by atoms with E-state index in [1.54, 1.807) is 21.8 Å². The third-order valence-corrected chi connectivity index (χ3v) is 8.03. The number of nitrogens with one attached hydrogen (secondary N) is 1. The molecule has 0 bridgehead atoms. The summed E-state index contributed by atoms with van der Waals surface area (Å²) in [5.41, 5.74) is 3.08. The molecule has 4 rings (SSSR count). The van der Waals surface area contributed by atoms with Gasteiger partial charge >= 0.3 is 0 Å². The van der Waals surface area contributed by atoms with E-state index in [0.29, 0.717) is 17.3 Å². The zero-order valence-corrected chi connectivity index (χ0v) is 16.5. The average Bonchev–Trinajstić information content (AvgIpc) is 3.25. The molecule has 9 heteroatoms. The normalized spacial score (nSPS) is 17.2. The first-order valence-electron chi connectivity index (χ1n) is 8.63. The number of rotatable bonds is 4. The molecule has 1 aliphatic rings. The molecule has 1 N–H and O–H groups in total. The molecule has 1 fully saturated rings. The molecule has 0 spiro atoms. The SMILES string of the molecule is Cc1cc(C)n2cc(C[NH+]3CCN(S(=O)(=O)c4cccs4)CC3)nc2n1. The van der Waals surface area contributed by atoms with Crippen molar-refractivity contribution in [1.29, 1.82) is 0 Å². The molecule has 4 heterocycles. The summed E-state index contributed by atoms with van der Waals surface area (Å²) in [6.45, 7) is 7.45. The van der Waals surface area contributed by atoms with Crippen molar-refractivity contribution in [2.45, 2.75) is 24.6 Å². The van der Waals surface area contributed by atoms with E-state index < -0.39 is 10.0 Å². The molecule has 0 aromatic carbocycles. The number of thiophene rings is 1. The minimum Gasteiger partial charge on any atom is -0.328 e. The van der Waals surface area contributed by atoms with Crippen molar-refractivity contribution in [3.8, 4) is 0 Å². The lowest BCUT2D eigenvalue weighted by Gasteiger charge is -2.30. The van der Waals surface area contributed by atoms with Gasteiger partial charge in [-0.3, -0.25) is 4.40 Å². The van der Waals surface area contributed by atoms with Crippen LogP contribution < -0.4 is 4.90 Å². The van der Waals surface area contributed by atoms with Crippen LogP contribution in [0.4, 0.5) is 0 Å². The first-order chi connectivity index (χ1) is 12.4. The van der Waals surface area contributed by atoms with E-state index in [0.717, 1.165) is 42.5 Å². The highest BCUT2D eigenvalue weighted by atomic mass is 32.2. The standard InChI is InChI=1S/C17H21N5O2S2/c1-13-10-14(2)22-12-15(19-17(22)18-13)11-20-5-7-21(8-6-20)26(23,24)16-4-3-9-25-16/h3-4,9-10,12H,5-8,11H2,1-2H3/p+1. The summed E-state index contributed by atoms with van der Waals surface area (Å²) in [7, 11) is -3.34. The fraction of sp³-hybridized carbons (Fsp3) is 0.412. The van der Waals surface area contributed by atoms with Gasteiger partial charge in [0.15, 0.2) is 0 Å². The first-order valence-corrected chi connectivity index (χ1v) is 10.9. The highest BCUT2D eigenvalue weighted by Crippen LogP contribution is 2.20. The molecule has 26 heavy (non-hydrogen) atoms. The van der Waals surface area contributed by atoms with Crippen LogP contribution in [0.15, 0.2) is 34.0 Å². The van der Waals surface area contributed by atoms with E-state index in [-0.39, 0.29) is 0 Å². The van der Waals surface area contributed by atoms with Gasteiger partial charge in [-0.25, -0.2) is 18.4 Å². The fourth-order valence-electron chi connectivity index (χ4n) is 3.42. The van der Waals surface area contributed by atoms with E-state index in [9.17, 15) is 8.42 Å². The number of imidazole rings is 1. The molecular formula is C17H22N5O2S2+. The molecule has 0 amide bonds. The lowest BCUT2D eigenvalue weighted by atomic mass is 10.3. The molecule has 0 aliphatic carbocycles. The number of sulfonamides is 1. The Morgan fingerprint density at radius 1 is 1.23 bits per heavy atom. The number of quaternary nitrogens is 1. The maximum atomic E-state index is 12.6. The summed E-state index contributed by atoms with van der Waals surface area (Å²) in [6.07, 6.45) is 2.04. The van der Waals surface area contributed by atoms with Crippen LogP contribution >= 0.6 is 11.3 Å². The molecule has 1 saturated heterocycles. The van der Waals surface area contributed by atoms with Gasteiger partial charge in [-0.1, -0.05) is 6.07 Å². The average molecular weight is 393 g/mol. The zero-order valence-electron chi connectivity index (χ0n) is 14.8. The fourth-order valence-corrected chi connectivity index (χ4v) is 6.00. The van der Waals surface area contributed by atoms with Gasteiger partial charge in [0, 0.05) is 17.6 Å². The Bertz CT molecular complexity index is 1020. The molecule has 0 atom stereocenters. The molecule has 3 aromatic heterocycles. The molecule has 0 radical (unpaired) electrons. The Morgan fingerprint density at radius 2 is 2.00 bits per heavy atom. The maximum absolute atomic E-state index is 12.6. The van der Waals surface area contributed by atoms with Gasteiger partial charge in [0.05, 0.1) is 26.2 Å². The number of hydrogen-bond acceptors (Lipinski definition) is 5. The molecule has 7 nitrogen and oxygen atoms in total. The van der Waals surface area contributed by atoms with Gasteiger partial charge in [-0.2, -0.15) is 4.31 Å². The van der Waals surface area contributed by atoms with Crippen LogP contribution in [0, 0.1) is 13.8 Å². The zero-order chi connectivity index (χ0) is 18.3. The van der Waals surface area contributed by atoms with Crippen molar-refractivity contribution in [3.05, 3.63) is 46.9 Å². The van der Waals surface area contributed by atoms with E-state index in [1.165, 1.54) is 16.2 Å². The second kappa shape index (κ2) is 6.73. The Kier molecular flexibility index (Phi) is 4.55. The number of nitrogens with zero attached hydrogens (tertiary/aromatic N) is 4. The lowest BCUT2D eigenvalue weighted by Crippen LogP contribution is -3.13. The van der Waals surface area contributed by atoms with Gasteiger partial charge in [0.25, 0.3) is 10.0 Å². The van der Waals surface area contributed by atoms with E-state index in [2.05, 4.69) is 9.97 Å². The Labute approximate surface area is 157 Å². The maximum Gasteiger partial charge on any atom is 0.252 e. The molecule has 3 aromatic rings. The van der Waals surface area contributed by atoms with Gasteiger partial charge in [-0.05, 0) is 31.4 Å². The second-order valence-electron chi connectivity index (χ2n) is 6.70. The smallest absolute Gasteiger partial charge is 0.252 e. The quantitative estimate of drug-likeness (QED) is 0.702. The van der Waals surface area contributed by atoms with Crippen molar-refractivity contribution < 1.29 is 13.3 Å². The summed E-state index contributed by atoms with van der Waals surface area (Å²) in [5, 5.41) is 1.80. The number of aromatic nitrogens is 3. The van der Waals surface area contributed by atoms with Crippen LogP contribution in [0.25, 0.3) is 5.78 Å². The summed E-state index contributed by atoms with van der Waals surface area (Å²) in [6, 6.07) is 5.49. The Morgan fingerprint density at radius 3 is 2.69 bits per heavy atom. The first kappa shape index (κ1) is 17.6. The van der Waals surface area contributed by atoms with Gasteiger partial charge in [-0.15, -0.1) is 11.3 Å². The summed E-state index contributed by atoms with van der Waals surface area (Å²) in [4.78, 5) is 10.5. The topological polar surface area (TPSA) is 72.0 Å². The van der Waals surface area contributed by atoms with Crippen molar-refractivity contribution in [1.82, 2.24) is 18.7 Å². The van der Waals surface area contributed by atoms with Crippen molar-refractivity contribution >= 4 is 27.1 Å². The second-order valence-corrected chi connectivity index (χ2v) is 9.82. The molecular weight excluding hydrogens is 370 g/mol. The third-order valence-electron chi connectivity index (χ3n) is 4.76. The minimum atomic E-state index is -3.34. The number of aryl methyl sites for hydroxylation is 2. The summed E-state index contributed by atoms with van der Waals surface area (Å²) in [5.74, 6) is 0.732. The van der Waals surface area contributed by atoms with E-state index in [4.69, 9.17) is 0 Å². The van der Waals surface area contributed by atoms with Crippen LogP contribution in [0.3, 0.4) is 0 Å². The molecule has 0 unspecified atom stereocenters. The predicted octanol–water partition coefficient (Wildman–Crippen LogP) is 0.497. The largest absolute Gasteiger partial charge is 0.328 e. The van der Waals surface area contributed by atoms with Crippen LogP contribution in [-0.2, 0) is 16.6 Å². The molecule has 0 saturated carbocycles. The predicted molar refractivity (Wildman–Crippen MR) is 99.9 cm³/mol. The molecule has 1 aliphatic heterocycles. The third kappa shape index (κ3) is 3.27. The summed E-state index contributed by atoms with van der Waals surface area (Å²) < 4.78 is 29.2.